The molecule has 0 amide bonds. The number of carboxylic acids is 1. The van der Waals surface area contributed by atoms with E-state index in [1.54, 1.807) is 0 Å². The molecule has 5 nitrogen and oxygen atoms in total. The number of benzene rings is 4. The fourth-order valence-corrected chi connectivity index (χ4v) is 11.5. The van der Waals surface area contributed by atoms with Gasteiger partial charge in [0, 0.05) is 45.5 Å². The van der Waals surface area contributed by atoms with E-state index in [4.69, 9.17) is 0 Å². The van der Waals surface area contributed by atoms with Crippen LogP contribution in [0.5, 0.6) is 0 Å². The number of carbonyl (C=O) groups is 2. The van der Waals surface area contributed by atoms with Gasteiger partial charge in [0.25, 0.3) is 0 Å². The summed E-state index contributed by atoms with van der Waals surface area (Å²) in [5.41, 5.74) is 12.6. The summed E-state index contributed by atoms with van der Waals surface area (Å²) in [5, 5.41) is 17.2. The number of carboxylic acid groups (broad SMARTS) is 1. The molecule has 1 heterocycles. The molecule has 0 fully saturated rings. The summed E-state index contributed by atoms with van der Waals surface area (Å²) in [5.74, 6) is -0.448. The van der Waals surface area contributed by atoms with E-state index in [-0.39, 0.29) is 11.8 Å². The SMILES string of the molecule is CC(C/C=C/C=C/C=C1\N(CCC(=O)O)c2c(c3ccccc3c3ccccc23)C1(C)Cc1ccccc1)(CC1=CC=CCC1)C1=C([NH2+]CCC=O)C2=CC=CCC2C2=CCCC=C21. The van der Waals surface area contributed by atoms with Gasteiger partial charge in [-0.15, -0.1) is 0 Å². The monoisotopic (exact) mass is 845 g/mol. The Balaban J connectivity index is 1.13. The molecule has 0 spiro atoms. The fourth-order valence-electron chi connectivity index (χ4n) is 11.5. The van der Waals surface area contributed by atoms with Crippen LogP contribution in [0.2, 0.25) is 0 Å². The van der Waals surface area contributed by atoms with Crippen molar-refractivity contribution >= 4 is 39.5 Å². The average molecular weight is 846 g/mol. The Kier molecular flexibility index (Phi) is 12.6. The van der Waals surface area contributed by atoms with Crippen molar-refractivity contribution in [2.24, 2.45) is 11.3 Å². The lowest BCUT2D eigenvalue weighted by Crippen LogP contribution is -2.83. The summed E-state index contributed by atoms with van der Waals surface area (Å²) >= 11 is 0. The maximum atomic E-state index is 12.3. The minimum Gasteiger partial charge on any atom is -0.481 e. The summed E-state index contributed by atoms with van der Waals surface area (Å²) in [4.78, 5) is 26.2. The minimum absolute atomic E-state index is 0.0272. The number of rotatable bonds is 16. The van der Waals surface area contributed by atoms with Gasteiger partial charge in [-0.1, -0.05) is 164 Å². The Hall–Kier alpha value is -6.30. The summed E-state index contributed by atoms with van der Waals surface area (Å²) in [6, 6.07) is 28.0. The number of quaternary nitrogens is 1. The number of allylic oxidation sites excluding steroid dienone is 19. The molecule has 0 saturated carbocycles. The second kappa shape index (κ2) is 18.8. The number of aldehydes is 1. The Morgan fingerprint density at radius 2 is 1.59 bits per heavy atom. The first-order chi connectivity index (χ1) is 31.3. The zero-order chi connectivity index (χ0) is 44.1. The number of hydrogen-bond acceptors (Lipinski definition) is 3. The first-order valence-electron chi connectivity index (χ1n) is 23.5. The number of nitrogens with two attached hydrogens (primary N) is 1. The van der Waals surface area contributed by atoms with E-state index in [1.807, 2.05) is 0 Å². The molecule has 3 N–H and O–H groups in total. The molecule has 4 aromatic rings. The van der Waals surface area contributed by atoms with Crippen LogP contribution in [0.1, 0.15) is 82.8 Å². The minimum atomic E-state index is -0.805. The van der Waals surface area contributed by atoms with Gasteiger partial charge in [-0.3, -0.25) is 4.79 Å². The number of fused-ring (bicyclic) bond motifs is 9. The molecule has 4 aliphatic carbocycles. The molecule has 3 unspecified atom stereocenters. The molecule has 9 rings (SSSR count). The normalized spacial score (nSPS) is 22.1. The van der Waals surface area contributed by atoms with E-state index in [2.05, 4.69) is 182 Å². The molecule has 0 bridgehead atoms. The highest BCUT2D eigenvalue weighted by Gasteiger charge is 2.46. The van der Waals surface area contributed by atoms with Crippen molar-refractivity contribution < 1.29 is 20.0 Å². The summed E-state index contributed by atoms with van der Waals surface area (Å²) in [7, 11) is 0. The highest BCUT2D eigenvalue weighted by molar-refractivity contribution is 6.17. The van der Waals surface area contributed by atoms with Crippen molar-refractivity contribution in [1.82, 2.24) is 0 Å². The van der Waals surface area contributed by atoms with Crippen LogP contribution in [0.25, 0.3) is 21.5 Å². The molecule has 5 heteroatoms. The lowest BCUT2D eigenvalue weighted by atomic mass is 9.61. The maximum absolute atomic E-state index is 12.3. The largest absolute Gasteiger partial charge is 0.481 e. The van der Waals surface area contributed by atoms with Gasteiger partial charge in [0.1, 0.15) is 12.0 Å². The third kappa shape index (κ3) is 8.30. The van der Waals surface area contributed by atoms with E-state index in [0.717, 1.165) is 81.0 Å². The second-order valence-corrected chi connectivity index (χ2v) is 18.6. The smallest absolute Gasteiger partial charge is 0.305 e. The van der Waals surface area contributed by atoms with Crippen LogP contribution in [-0.2, 0) is 21.4 Å². The predicted molar refractivity (Wildman–Crippen MR) is 264 cm³/mol. The molecular formula is C59H61N2O3+. The van der Waals surface area contributed by atoms with E-state index in [9.17, 15) is 14.7 Å². The van der Waals surface area contributed by atoms with E-state index in [0.29, 0.717) is 18.9 Å². The third-order valence-corrected chi connectivity index (χ3v) is 14.2. The van der Waals surface area contributed by atoms with E-state index in [1.165, 1.54) is 60.8 Å². The van der Waals surface area contributed by atoms with Crippen LogP contribution in [-0.4, -0.2) is 30.5 Å². The van der Waals surface area contributed by atoms with E-state index >= 15 is 0 Å². The summed E-state index contributed by atoms with van der Waals surface area (Å²) in [6.07, 6.45) is 39.3. The van der Waals surface area contributed by atoms with Gasteiger partial charge in [-0.2, -0.15) is 0 Å². The van der Waals surface area contributed by atoms with Crippen LogP contribution in [0.3, 0.4) is 0 Å². The average Bonchev–Trinajstić information content (AvgIpc) is 3.56. The summed E-state index contributed by atoms with van der Waals surface area (Å²) < 4.78 is 0. The van der Waals surface area contributed by atoms with Gasteiger partial charge >= 0.3 is 5.97 Å². The highest BCUT2D eigenvalue weighted by atomic mass is 16.4. The van der Waals surface area contributed by atoms with Crippen LogP contribution in [0.15, 0.2) is 197 Å². The molecule has 324 valence electrons. The standard InChI is InChI=1S/C59H60N2O3/c1-58(40-42-22-7-5-8-23-42,54-48-30-16-12-26-44(48)46-28-14-18-32-50(46)56(54)60-37-21-39-62)36-20-4-3-11-34-52-59(2,41-43-24-9-6-10-25-43)55-49-31-17-13-27-45(49)47-29-15-19-33-51(47)57(55)61(52)38-35-53(63)64/h3-7,9-11,13-15,17-20,22,24-27,29-34,39,46,60H,8,12,16,21,23,28,35-38,40-41H2,1-2H3,(H,63,64)/p+1/b11-3+,20-4+,52-34-. The molecule has 4 aromatic carbocycles. The Morgan fingerprint density at radius 3 is 2.36 bits per heavy atom. The first-order valence-corrected chi connectivity index (χ1v) is 23.5. The van der Waals surface area contributed by atoms with Gasteiger partial charge in [-0.05, 0) is 103 Å². The van der Waals surface area contributed by atoms with Crippen molar-refractivity contribution in [2.45, 2.75) is 83.5 Å². The third-order valence-electron chi connectivity index (χ3n) is 14.2. The number of nitrogens with zero attached hydrogens (tertiary/aromatic N) is 1. The van der Waals surface area contributed by atoms with Gasteiger partial charge in [0.2, 0.25) is 0 Å². The lowest BCUT2D eigenvalue weighted by Gasteiger charge is -2.42. The van der Waals surface area contributed by atoms with Gasteiger partial charge < -0.3 is 20.1 Å². The number of aliphatic carboxylic acids is 1. The van der Waals surface area contributed by atoms with Crippen molar-refractivity contribution in [2.75, 3.05) is 18.0 Å². The molecule has 0 saturated heterocycles. The van der Waals surface area contributed by atoms with Crippen LogP contribution >= 0.6 is 0 Å². The zero-order valence-corrected chi connectivity index (χ0v) is 37.4. The Labute approximate surface area is 379 Å². The van der Waals surface area contributed by atoms with Crippen LogP contribution < -0.4 is 10.2 Å². The second-order valence-electron chi connectivity index (χ2n) is 18.6. The number of anilines is 1. The van der Waals surface area contributed by atoms with E-state index < -0.39 is 11.4 Å². The molecule has 1 aliphatic heterocycles. The Bertz CT molecular complexity index is 2790. The quantitative estimate of drug-likeness (QED) is 0.0510. The van der Waals surface area contributed by atoms with Crippen LogP contribution in [0.4, 0.5) is 5.69 Å². The van der Waals surface area contributed by atoms with Crippen molar-refractivity contribution in [3.63, 3.8) is 0 Å². The fraction of sp³-hybridized carbons (Fsp3) is 0.288. The predicted octanol–water partition coefficient (Wildman–Crippen LogP) is 12.4. The topological polar surface area (TPSA) is 74.2 Å². The molecule has 0 radical (unpaired) electrons. The van der Waals surface area contributed by atoms with Crippen molar-refractivity contribution in [1.29, 1.82) is 0 Å². The lowest BCUT2D eigenvalue weighted by molar-refractivity contribution is -0.603. The molecule has 5 aliphatic rings. The highest BCUT2D eigenvalue weighted by Crippen LogP contribution is 2.56. The molecule has 0 aromatic heterocycles. The number of carbonyl (C=O) groups excluding carboxylic acids is 1. The van der Waals surface area contributed by atoms with Gasteiger partial charge in [0.15, 0.2) is 0 Å². The van der Waals surface area contributed by atoms with Crippen molar-refractivity contribution in [3.8, 4) is 0 Å². The van der Waals surface area contributed by atoms with Crippen molar-refractivity contribution in [3.05, 3.63) is 208 Å². The Morgan fingerprint density at radius 1 is 0.859 bits per heavy atom. The van der Waals surface area contributed by atoms with Gasteiger partial charge in [0.05, 0.1) is 25.1 Å². The molecular weight excluding hydrogens is 785 g/mol. The van der Waals surface area contributed by atoms with Crippen LogP contribution in [0, 0.1) is 11.3 Å². The maximum Gasteiger partial charge on any atom is 0.305 e. The molecule has 64 heavy (non-hydrogen) atoms. The summed E-state index contributed by atoms with van der Waals surface area (Å²) in [6.45, 7) is 5.93. The zero-order valence-electron chi connectivity index (χ0n) is 37.4. The molecule has 3 atom stereocenters. The number of hydrogen-bond donors (Lipinski definition) is 2. The van der Waals surface area contributed by atoms with Gasteiger partial charge in [-0.25, -0.2) is 0 Å². The first kappa shape index (κ1) is 43.0.